The SMILES string of the molecule is Cc1ccc(CN2CC(CN(C(=O)c3ccccc3)C3CCCCC3)C(c3ccccc3)C2)cc1. The van der Waals surface area contributed by atoms with Crippen molar-refractivity contribution in [2.24, 2.45) is 5.92 Å². The Morgan fingerprint density at radius 3 is 2.17 bits per heavy atom. The second-order valence-corrected chi connectivity index (χ2v) is 10.6. The van der Waals surface area contributed by atoms with E-state index >= 15 is 0 Å². The van der Waals surface area contributed by atoms with Crippen LogP contribution in [-0.4, -0.2) is 41.4 Å². The molecule has 1 saturated carbocycles. The predicted molar refractivity (Wildman–Crippen MR) is 143 cm³/mol. The van der Waals surface area contributed by atoms with Crippen molar-refractivity contribution >= 4 is 5.91 Å². The molecule has 0 radical (unpaired) electrons. The maximum atomic E-state index is 13.8. The number of carbonyl (C=O) groups is 1. The highest BCUT2D eigenvalue weighted by Gasteiger charge is 2.37. The normalized spacial score (nSPS) is 21.2. The van der Waals surface area contributed by atoms with Crippen molar-refractivity contribution in [1.82, 2.24) is 9.80 Å². The lowest BCUT2D eigenvalue weighted by molar-refractivity contribution is 0.0588. The molecule has 1 saturated heterocycles. The molecule has 1 aliphatic heterocycles. The van der Waals surface area contributed by atoms with Gasteiger partial charge in [-0.25, -0.2) is 0 Å². The molecule has 2 unspecified atom stereocenters. The number of amides is 1. The third-order valence-electron chi connectivity index (χ3n) is 8.00. The van der Waals surface area contributed by atoms with E-state index in [1.54, 1.807) is 0 Å². The second kappa shape index (κ2) is 11.2. The van der Waals surface area contributed by atoms with Gasteiger partial charge in [0.2, 0.25) is 0 Å². The molecule has 2 aliphatic rings. The summed E-state index contributed by atoms with van der Waals surface area (Å²) in [6.07, 6.45) is 6.03. The molecule has 0 aromatic heterocycles. The van der Waals surface area contributed by atoms with Crippen molar-refractivity contribution in [2.45, 2.75) is 57.5 Å². The van der Waals surface area contributed by atoms with Gasteiger partial charge in [0.15, 0.2) is 0 Å². The molecule has 0 spiro atoms. The van der Waals surface area contributed by atoms with Crippen LogP contribution in [0.4, 0.5) is 0 Å². The van der Waals surface area contributed by atoms with Crippen LogP contribution in [0.5, 0.6) is 0 Å². The molecule has 35 heavy (non-hydrogen) atoms. The summed E-state index contributed by atoms with van der Waals surface area (Å²) >= 11 is 0. The van der Waals surface area contributed by atoms with Crippen LogP contribution in [0, 0.1) is 12.8 Å². The molecule has 0 bridgehead atoms. The van der Waals surface area contributed by atoms with Crippen LogP contribution < -0.4 is 0 Å². The summed E-state index contributed by atoms with van der Waals surface area (Å²) in [5.41, 5.74) is 4.90. The van der Waals surface area contributed by atoms with Gasteiger partial charge in [0.25, 0.3) is 5.91 Å². The minimum absolute atomic E-state index is 0.210. The van der Waals surface area contributed by atoms with Crippen LogP contribution in [0.1, 0.15) is 65.1 Å². The van der Waals surface area contributed by atoms with Crippen LogP contribution in [0.2, 0.25) is 0 Å². The molecule has 3 nitrogen and oxygen atoms in total. The Hall–Kier alpha value is -2.91. The van der Waals surface area contributed by atoms with Crippen LogP contribution in [0.25, 0.3) is 0 Å². The fourth-order valence-corrected chi connectivity index (χ4v) is 6.09. The number of carbonyl (C=O) groups excluding carboxylic acids is 1. The van der Waals surface area contributed by atoms with E-state index in [2.05, 4.69) is 71.3 Å². The maximum Gasteiger partial charge on any atom is 0.254 e. The molecule has 5 rings (SSSR count). The Balaban J connectivity index is 1.40. The smallest absolute Gasteiger partial charge is 0.254 e. The van der Waals surface area contributed by atoms with E-state index in [0.29, 0.717) is 17.9 Å². The number of hydrogen-bond donors (Lipinski definition) is 0. The van der Waals surface area contributed by atoms with Crippen LogP contribution in [0.3, 0.4) is 0 Å². The standard InChI is InChI=1S/C32H38N2O/c1-25-17-19-26(20-18-25)21-33-22-29(31(24-33)27-11-5-2-6-12-27)23-34(30-15-9-4-10-16-30)32(35)28-13-7-3-8-14-28/h2-3,5-8,11-14,17-20,29-31H,4,9-10,15-16,21-24H2,1H3. The van der Waals surface area contributed by atoms with Crippen molar-refractivity contribution in [1.29, 1.82) is 0 Å². The van der Waals surface area contributed by atoms with Crippen LogP contribution in [-0.2, 0) is 6.54 Å². The quantitative estimate of drug-likeness (QED) is 0.387. The number of aryl methyl sites for hydroxylation is 1. The summed E-state index contributed by atoms with van der Waals surface area (Å²) in [5.74, 6) is 1.08. The minimum atomic E-state index is 0.210. The van der Waals surface area contributed by atoms with Crippen molar-refractivity contribution in [3.05, 3.63) is 107 Å². The van der Waals surface area contributed by atoms with Gasteiger partial charge >= 0.3 is 0 Å². The van der Waals surface area contributed by atoms with Crippen molar-refractivity contribution in [3.63, 3.8) is 0 Å². The van der Waals surface area contributed by atoms with E-state index in [-0.39, 0.29) is 5.91 Å². The molecule has 1 aliphatic carbocycles. The molecule has 182 valence electrons. The summed E-state index contributed by atoms with van der Waals surface area (Å²) in [6.45, 7) is 6.02. The monoisotopic (exact) mass is 466 g/mol. The fourth-order valence-electron chi connectivity index (χ4n) is 6.09. The summed E-state index contributed by atoms with van der Waals surface area (Å²) in [4.78, 5) is 18.6. The van der Waals surface area contributed by atoms with Gasteiger partial charge in [-0.15, -0.1) is 0 Å². The topological polar surface area (TPSA) is 23.6 Å². The fraction of sp³-hybridized carbons (Fsp3) is 0.406. The molecule has 0 N–H and O–H groups in total. The van der Waals surface area contributed by atoms with Crippen LogP contribution in [0.15, 0.2) is 84.9 Å². The average molecular weight is 467 g/mol. The zero-order valence-electron chi connectivity index (χ0n) is 21.0. The maximum absolute atomic E-state index is 13.8. The lowest BCUT2D eigenvalue weighted by Crippen LogP contribution is -2.45. The highest BCUT2D eigenvalue weighted by molar-refractivity contribution is 5.94. The summed E-state index contributed by atoms with van der Waals surface area (Å²) in [5, 5.41) is 0. The Kier molecular flexibility index (Phi) is 7.63. The number of likely N-dealkylation sites (tertiary alicyclic amines) is 1. The molecule has 3 heteroatoms. The summed E-state index contributed by atoms with van der Waals surface area (Å²) < 4.78 is 0. The Morgan fingerprint density at radius 1 is 0.829 bits per heavy atom. The molecule has 1 amide bonds. The number of hydrogen-bond acceptors (Lipinski definition) is 2. The third kappa shape index (κ3) is 5.85. The first kappa shape index (κ1) is 23.8. The molecular weight excluding hydrogens is 428 g/mol. The zero-order chi connectivity index (χ0) is 24.0. The van der Waals surface area contributed by atoms with Gasteiger partial charge in [-0.05, 0) is 48.9 Å². The molecular formula is C32H38N2O. The molecule has 2 atom stereocenters. The largest absolute Gasteiger partial charge is 0.335 e. The zero-order valence-corrected chi connectivity index (χ0v) is 21.0. The summed E-state index contributed by atoms with van der Waals surface area (Å²) in [7, 11) is 0. The first-order valence-corrected chi connectivity index (χ1v) is 13.4. The van der Waals surface area contributed by atoms with E-state index in [1.807, 2.05) is 30.3 Å². The highest BCUT2D eigenvalue weighted by atomic mass is 16.2. The summed E-state index contributed by atoms with van der Waals surface area (Å²) in [6, 6.07) is 30.2. The van der Waals surface area contributed by atoms with Gasteiger partial charge in [-0.1, -0.05) is 97.6 Å². The van der Waals surface area contributed by atoms with Crippen molar-refractivity contribution < 1.29 is 4.79 Å². The number of nitrogens with zero attached hydrogens (tertiary/aromatic N) is 2. The highest BCUT2D eigenvalue weighted by Crippen LogP contribution is 2.36. The third-order valence-corrected chi connectivity index (χ3v) is 8.00. The van der Waals surface area contributed by atoms with E-state index in [9.17, 15) is 4.79 Å². The first-order chi connectivity index (χ1) is 17.2. The van der Waals surface area contributed by atoms with Crippen molar-refractivity contribution in [2.75, 3.05) is 19.6 Å². The Labute approximate surface area is 210 Å². The lowest BCUT2D eigenvalue weighted by atomic mass is 9.87. The van der Waals surface area contributed by atoms with E-state index < -0.39 is 0 Å². The molecule has 2 fully saturated rings. The molecule has 1 heterocycles. The van der Waals surface area contributed by atoms with E-state index in [1.165, 1.54) is 36.0 Å². The first-order valence-electron chi connectivity index (χ1n) is 13.4. The Bertz CT molecular complexity index is 1070. The van der Waals surface area contributed by atoms with Gasteiger partial charge in [0, 0.05) is 43.7 Å². The van der Waals surface area contributed by atoms with Crippen molar-refractivity contribution in [3.8, 4) is 0 Å². The Morgan fingerprint density at radius 2 is 1.49 bits per heavy atom. The average Bonchev–Trinajstić information content (AvgIpc) is 3.32. The van der Waals surface area contributed by atoms with Gasteiger partial charge in [-0.2, -0.15) is 0 Å². The van der Waals surface area contributed by atoms with E-state index in [4.69, 9.17) is 0 Å². The van der Waals surface area contributed by atoms with E-state index in [0.717, 1.165) is 44.6 Å². The van der Waals surface area contributed by atoms with Gasteiger partial charge in [0.05, 0.1) is 0 Å². The van der Waals surface area contributed by atoms with Gasteiger partial charge in [0.1, 0.15) is 0 Å². The number of benzene rings is 3. The molecule has 3 aromatic rings. The predicted octanol–water partition coefficient (Wildman–Crippen LogP) is 6.69. The van der Waals surface area contributed by atoms with Gasteiger partial charge in [-0.3, -0.25) is 9.69 Å². The lowest BCUT2D eigenvalue weighted by Gasteiger charge is -2.37. The molecule has 3 aromatic carbocycles. The van der Waals surface area contributed by atoms with Crippen LogP contribution >= 0.6 is 0 Å². The minimum Gasteiger partial charge on any atom is -0.335 e. The number of rotatable bonds is 7. The van der Waals surface area contributed by atoms with Gasteiger partial charge < -0.3 is 4.90 Å². The second-order valence-electron chi connectivity index (χ2n) is 10.6.